The van der Waals surface area contributed by atoms with Crippen LogP contribution in [0.3, 0.4) is 0 Å². The molecule has 1 heterocycles. The first kappa shape index (κ1) is 29.7. The molecule has 0 spiro atoms. The van der Waals surface area contributed by atoms with Crippen LogP contribution in [0, 0.1) is 5.92 Å². The summed E-state index contributed by atoms with van der Waals surface area (Å²) < 4.78 is 5.91. The number of amides is 2. The normalized spacial score (nSPS) is 15.7. The number of benzene rings is 2. The quantitative estimate of drug-likeness (QED) is 0.394. The van der Waals surface area contributed by atoms with Gasteiger partial charge in [0.1, 0.15) is 18.4 Å². The van der Waals surface area contributed by atoms with Crippen LogP contribution in [0.25, 0.3) is 0 Å². The number of hydrogen-bond donors (Lipinski definition) is 2. The standard InChI is InChI=1S/C31H46N4O3/c1-24(2)21-29(34(3)4)31(37)33-28(30(36)32-17-20-35-18-9-6-10-19-35)22-25-13-15-27(16-14-25)38-23-26-11-7-5-8-12-26/h5,7-8,11-16,24,28-29H,6,9-10,17-23H2,1-4H3,(H,32,36)(H,33,37)/t28-,29-/m0/s1. The maximum Gasteiger partial charge on any atom is 0.242 e. The number of likely N-dealkylation sites (N-methyl/N-ethyl adjacent to an activating group) is 1. The van der Waals surface area contributed by atoms with Crippen molar-refractivity contribution in [2.24, 2.45) is 5.92 Å². The fourth-order valence-electron chi connectivity index (χ4n) is 4.82. The second-order valence-corrected chi connectivity index (χ2v) is 11.0. The van der Waals surface area contributed by atoms with Crippen molar-refractivity contribution in [2.45, 2.75) is 64.6 Å². The molecule has 3 rings (SSSR count). The minimum atomic E-state index is -0.644. The van der Waals surface area contributed by atoms with Gasteiger partial charge in [0.2, 0.25) is 11.8 Å². The zero-order valence-corrected chi connectivity index (χ0v) is 23.6. The highest BCUT2D eigenvalue weighted by molar-refractivity contribution is 5.90. The van der Waals surface area contributed by atoms with Gasteiger partial charge in [0, 0.05) is 19.5 Å². The third-order valence-corrected chi connectivity index (χ3v) is 7.04. The van der Waals surface area contributed by atoms with Gasteiger partial charge in [-0.25, -0.2) is 0 Å². The van der Waals surface area contributed by atoms with Gasteiger partial charge in [-0.15, -0.1) is 0 Å². The monoisotopic (exact) mass is 522 g/mol. The number of ether oxygens (including phenoxy) is 1. The van der Waals surface area contributed by atoms with E-state index < -0.39 is 6.04 Å². The SMILES string of the molecule is CC(C)C[C@@H](C(=O)N[C@@H](Cc1ccc(OCc2ccccc2)cc1)C(=O)NCCN1CCCCC1)N(C)C. The molecule has 38 heavy (non-hydrogen) atoms. The summed E-state index contributed by atoms with van der Waals surface area (Å²) in [5.41, 5.74) is 2.08. The molecular weight excluding hydrogens is 476 g/mol. The van der Waals surface area contributed by atoms with Crippen molar-refractivity contribution in [3.05, 3.63) is 65.7 Å². The second-order valence-electron chi connectivity index (χ2n) is 11.0. The predicted octanol–water partition coefficient (Wildman–Crippen LogP) is 3.87. The zero-order valence-electron chi connectivity index (χ0n) is 23.6. The highest BCUT2D eigenvalue weighted by Crippen LogP contribution is 2.16. The highest BCUT2D eigenvalue weighted by Gasteiger charge is 2.27. The first-order valence-electron chi connectivity index (χ1n) is 14.0. The molecule has 2 amide bonds. The van der Waals surface area contributed by atoms with Crippen LogP contribution in [0.5, 0.6) is 5.75 Å². The van der Waals surface area contributed by atoms with E-state index in [1.165, 1.54) is 19.3 Å². The van der Waals surface area contributed by atoms with Crippen molar-refractivity contribution < 1.29 is 14.3 Å². The smallest absolute Gasteiger partial charge is 0.242 e. The Balaban J connectivity index is 1.63. The number of nitrogens with one attached hydrogen (secondary N) is 2. The van der Waals surface area contributed by atoms with E-state index in [0.717, 1.165) is 42.9 Å². The number of rotatable bonds is 14. The van der Waals surface area contributed by atoms with Gasteiger partial charge >= 0.3 is 0 Å². The van der Waals surface area contributed by atoms with Crippen LogP contribution in [-0.2, 0) is 22.6 Å². The molecule has 1 aliphatic rings. The Morgan fingerprint density at radius 3 is 2.24 bits per heavy atom. The Labute approximate surface area is 228 Å². The maximum absolute atomic E-state index is 13.3. The average Bonchev–Trinajstić information content (AvgIpc) is 2.91. The van der Waals surface area contributed by atoms with Crippen LogP contribution in [0.15, 0.2) is 54.6 Å². The Morgan fingerprint density at radius 2 is 1.61 bits per heavy atom. The molecule has 7 heteroatoms. The summed E-state index contributed by atoms with van der Waals surface area (Å²) in [4.78, 5) is 30.9. The molecule has 0 unspecified atom stereocenters. The van der Waals surface area contributed by atoms with Crippen molar-refractivity contribution in [3.63, 3.8) is 0 Å². The molecule has 208 valence electrons. The van der Waals surface area contributed by atoms with E-state index in [0.29, 0.717) is 25.5 Å². The maximum atomic E-state index is 13.3. The fraction of sp³-hybridized carbons (Fsp3) is 0.548. The zero-order chi connectivity index (χ0) is 27.3. The second kappa shape index (κ2) is 15.5. The topological polar surface area (TPSA) is 73.9 Å². The molecule has 0 aliphatic carbocycles. The first-order valence-corrected chi connectivity index (χ1v) is 14.0. The van der Waals surface area contributed by atoms with Gasteiger partial charge in [-0.3, -0.25) is 14.5 Å². The van der Waals surface area contributed by atoms with Crippen LogP contribution in [0.4, 0.5) is 0 Å². The van der Waals surface area contributed by atoms with Crippen LogP contribution in [-0.4, -0.2) is 74.0 Å². The van der Waals surface area contributed by atoms with Gasteiger partial charge in [-0.2, -0.15) is 0 Å². The summed E-state index contributed by atoms with van der Waals surface area (Å²) in [5.74, 6) is 0.895. The lowest BCUT2D eigenvalue weighted by Crippen LogP contribution is -2.54. The van der Waals surface area contributed by atoms with Gasteiger partial charge in [0.15, 0.2) is 0 Å². The van der Waals surface area contributed by atoms with E-state index >= 15 is 0 Å². The molecule has 2 N–H and O–H groups in total. The van der Waals surface area contributed by atoms with Crippen molar-refractivity contribution in [1.82, 2.24) is 20.4 Å². The third kappa shape index (κ3) is 10.1. The number of piperidine rings is 1. The van der Waals surface area contributed by atoms with Crippen molar-refractivity contribution in [2.75, 3.05) is 40.3 Å². The largest absolute Gasteiger partial charge is 0.489 e. The lowest BCUT2D eigenvalue weighted by molar-refractivity contribution is -0.131. The van der Waals surface area contributed by atoms with Gasteiger partial charge < -0.3 is 20.3 Å². The number of nitrogens with zero attached hydrogens (tertiary/aromatic N) is 2. The number of likely N-dealkylation sites (tertiary alicyclic amines) is 1. The lowest BCUT2D eigenvalue weighted by Gasteiger charge is -2.28. The van der Waals surface area contributed by atoms with Crippen LogP contribution >= 0.6 is 0 Å². The van der Waals surface area contributed by atoms with Crippen LogP contribution in [0.2, 0.25) is 0 Å². The van der Waals surface area contributed by atoms with Crippen LogP contribution < -0.4 is 15.4 Å². The Kier molecular flexibility index (Phi) is 12.1. The molecule has 2 aromatic rings. The summed E-state index contributed by atoms with van der Waals surface area (Å²) >= 11 is 0. The predicted molar refractivity (Wildman–Crippen MR) is 153 cm³/mol. The lowest BCUT2D eigenvalue weighted by atomic mass is 10.0. The van der Waals surface area contributed by atoms with E-state index in [2.05, 4.69) is 29.4 Å². The molecule has 2 aromatic carbocycles. The number of carbonyl (C=O) groups excluding carboxylic acids is 2. The van der Waals surface area contributed by atoms with E-state index in [1.807, 2.05) is 73.6 Å². The van der Waals surface area contributed by atoms with Crippen LogP contribution in [0.1, 0.15) is 50.7 Å². The molecule has 0 radical (unpaired) electrons. The van der Waals surface area contributed by atoms with E-state index in [1.54, 1.807) is 0 Å². The summed E-state index contributed by atoms with van der Waals surface area (Å²) in [6.07, 6.45) is 4.88. The van der Waals surface area contributed by atoms with E-state index in [9.17, 15) is 9.59 Å². The summed E-state index contributed by atoms with van der Waals surface area (Å²) in [7, 11) is 3.82. The summed E-state index contributed by atoms with van der Waals surface area (Å²) in [5, 5.41) is 6.15. The third-order valence-electron chi connectivity index (χ3n) is 7.04. The van der Waals surface area contributed by atoms with Crippen molar-refractivity contribution in [1.29, 1.82) is 0 Å². The molecule has 7 nitrogen and oxygen atoms in total. The molecule has 1 fully saturated rings. The van der Waals surface area contributed by atoms with Gasteiger partial charge in [0.25, 0.3) is 0 Å². The van der Waals surface area contributed by atoms with Gasteiger partial charge in [-0.1, -0.05) is 62.7 Å². The molecule has 1 aliphatic heterocycles. The van der Waals surface area contributed by atoms with E-state index in [-0.39, 0.29) is 17.9 Å². The minimum Gasteiger partial charge on any atom is -0.489 e. The molecule has 0 bridgehead atoms. The minimum absolute atomic E-state index is 0.109. The van der Waals surface area contributed by atoms with Gasteiger partial charge in [0.05, 0.1) is 6.04 Å². The Morgan fingerprint density at radius 1 is 0.921 bits per heavy atom. The van der Waals surface area contributed by atoms with Crippen molar-refractivity contribution in [3.8, 4) is 5.75 Å². The molecule has 0 saturated carbocycles. The van der Waals surface area contributed by atoms with Crippen molar-refractivity contribution >= 4 is 11.8 Å². The Hall–Kier alpha value is -2.90. The summed E-state index contributed by atoms with van der Waals surface area (Å²) in [6.45, 7) is 8.32. The fourth-order valence-corrected chi connectivity index (χ4v) is 4.82. The number of hydrogen-bond acceptors (Lipinski definition) is 5. The van der Waals surface area contributed by atoms with Gasteiger partial charge in [-0.05, 0) is 75.6 Å². The molecule has 0 aromatic heterocycles. The molecule has 2 atom stereocenters. The summed E-state index contributed by atoms with van der Waals surface area (Å²) in [6, 6.07) is 16.9. The first-order chi connectivity index (χ1) is 18.3. The highest BCUT2D eigenvalue weighted by atomic mass is 16.5. The molecular formula is C31H46N4O3. The van der Waals surface area contributed by atoms with E-state index in [4.69, 9.17) is 4.74 Å². The Bertz CT molecular complexity index is 972. The molecule has 1 saturated heterocycles. The average molecular weight is 523 g/mol. The number of carbonyl (C=O) groups is 2.